The Morgan fingerprint density at radius 2 is 1.86 bits per heavy atom. The second-order valence-corrected chi connectivity index (χ2v) is 7.87. The quantitative estimate of drug-likeness (QED) is 0.203. The van der Waals surface area contributed by atoms with Crippen molar-refractivity contribution in [3.8, 4) is 5.75 Å². The summed E-state index contributed by atoms with van der Waals surface area (Å²) in [6.45, 7) is 0.822. The number of halogens is 1. The van der Waals surface area contributed by atoms with Gasteiger partial charge in [-0.25, -0.2) is 0 Å². The lowest BCUT2D eigenvalue weighted by Gasteiger charge is -2.25. The predicted molar refractivity (Wildman–Crippen MR) is 118 cm³/mol. The Labute approximate surface area is 183 Å². The molecule has 1 N–H and O–H groups in total. The molecule has 1 fully saturated rings. The molecule has 7 heteroatoms. The highest BCUT2D eigenvalue weighted by molar-refractivity contribution is 14.1. The molecule has 6 nitrogen and oxygen atoms in total. The molecule has 1 heterocycles. The number of carbonyl (C=O) groups excluding carboxylic acids is 2. The van der Waals surface area contributed by atoms with Crippen LogP contribution in [-0.2, 0) is 14.3 Å². The lowest BCUT2D eigenvalue weighted by atomic mass is 9.95. The lowest BCUT2D eigenvalue weighted by Crippen LogP contribution is -2.31. The normalized spacial score (nSPS) is 18.3. The Morgan fingerprint density at radius 1 is 1.14 bits per heavy atom. The van der Waals surface area contributed by atoms with Crippen molar-refractivity contribution in [1.29, 1.82) is 0 Å². The molecule has 2 aromatic carbocycles. The molecule has 2 aromatic rings. The van der Waals surface area contributed by atoms with E-state index >= 15 is 0 Å². The van der Waals surface area contributed by atoms with Crippen molar-refractivity contribution in [2.45, 2.75) is 12.5 Å². The third-order valence-electron chi connectivity index (χ3n) is 4.82. The molecule has 152 valence electrons. The zero-order chi connectivity index (χ0) is 21.0. The van der Waals surface area contributed by atoms with Gasteiger partial charge in [-0.1, -0.05) is 24.3 Å². The Bertz CT molecular complexity index is 938. The van der Waals surface area contributed by atoms with Crippen molar-refractivity contribution in [2.75, 3.05) is 27.4 Å². The summed E-state index contributed by atoms with van der Waals surface area (Å²) in [5.74, 6) is -0.963. The third kappa shape index (κ3) is 4.45. The zero-order valence-electron chi connectivity index (χ0n) is 16.2. The molecule has 1 atom stereocenters. The fourth-order valence-electron chi connectivity index (χ4n) is 3.41. The number of ketones is 1. The molecular weight excluding hydrogens is 485 g/mol. The number of amides is 1. The van der Waals surface area contributed by atoms with Gasteiger partial charge in [-0.2, -0.15) is 0 Å². The molecule has 0 aromatic heterocycles. The summed E-state index contributed by atoms with van der Waals surface area (Å²) in [6.07, 6.45) is 0.587. The Hall–Kier alpha value is -2.39. The van der Waals surface area contributed by atoms with Crippen LogP contribution >= 0.6 is 22.6 Å². The molecule has 1 saturated heterocycles. The van der Waals surface area contributed by atoms with Crippen LogP contribution in [0.5, 0.6) is 5.75 Å². The van der Waals surface area contributed by atoms with Crippen molar-refractivity contribution in [3.05, 3.63) is 68.8 Å². The molecule has 29 heavy (non-hydrogen) atoms. The Kier molecular flexibility index (Phi) is 6.92. The van der Waals surface area contributed by atoms with Crippen LogP contribution in [0.3, 0.4) is 0 Å². The molecule has 1 aliphatic heterocycles. The summed E-state index contributed by atoms with van der Waals surface area (Å²) in [5, 5.41) is 11.0. The number of methoxy groups -OCH3 is 2. The van der Waals surface area contributed by atoms with Gasteiger partial charge in [0.15, 0.2) is 0 Å². The second-order valence-electron chi connectivity index (χ2n) is 6.62. The van der Waals surface area contributed by atoms with E-state index in [9.17, 15) is 14.7 Å². The van der Waals surface area contributed by atoms with Crippen LogP contribution in [0, 0.1) is 3.57 Å². The van der Waals surface area contributed by atoms with Crippen LogP contribution in [-0.4, -0.2) is 49.1 Å². The number of aliphatic hydroxyl groups is 1. The van der Waals surface area contributed by atoms with E-state index in [1.807, 2.05) is 24.3 Å². The number of nitrogens with zero attached hydrogens (tertiary/aromatic N) is 1. The van der Waals surface area contributed by atoms with Gasteiger partial charge in [-0.3, -0.25) is 9.59 Å². The van der Waals surface area contributed by atoms with Crippen molar-refractivity contribution >= 4 is 40.0 Å². The van der Waals surface area contributed by atoms with Crippen LogP contribution < -0.4 is 4.74 Å². The fourth-order valence-corrected chi connectivity index (χ4v) is 3.77. The first-order chi connectivity index (χ1) is 14.0. The number of carbonyl (C=O) groups is 2. The maximum Gasteiger partial charge on any atom is 0.295 e. The first-order valence-corrected chi connectivity index (χ1v) is 10.2. The first kappa shape index (κ1) is 21.3. The minimum atomic E-state index is -0.689. The summed E-state index contributed by atoms with van der Waals surface area (Å²) in [4.78, 5) is 27.2. The molecule has 0 aliphatic carbocycles. The van der Waals surface area contributed by atoms with Crippen LogP contribution in [0.4, 0.5) is 0 Å². The maximum absolute atomic E-state index is 12.9. The van der Waals surface area contributed by atoms with Crippen LogP contribution in [0.25, 0.3) is 5.76 Å². The van der Waals surface area contributed by atoms with Gasteiger partial charge in [-0.15, -0.1) is 0 Å². The standard InChI is InChI=1S/C22H22INO5/c1-28-12-4-11-24-19(14-7-9-16(23)10-8-14)18(21(26)22(24)27)20(25)15-5-3-6-17(13-15)29-2/h3,5-10,13,19,25H,4,11-12H2,1-2H3. The van der Waals surface area contributed by atoms with E-state index in [2.05, 4.69) is 22.6 Å². The van der Waals surface area contributed by atoms with E-state index in [1.54, 1.807) is 31.4 Å². The maximum atomic E-state index is 12.9. The van der Waals surface area contributed by atoms with Crippen LogP contribution in [0.2, 0.25) is 0 Å². The molecule has 0 saturated carbocycles. The van der Waals surface area contributed by atoms with E-state index in [1.165, 1.54) is 12.0 Å². The lowest BCUT2D eigenvalue weighted by molar-refractivity contribution is -0.140. The third-order valence-corrected chi connectivity index (χ3v) is 5.54. The van der Waals surface area contributed by atoms with Gasteiger partial charge in [0.25, 0.3) is 11.7 Å². The topological polar surface area (TPSA) is 76.1 Å². The Balaban J connectivity index is 2.12. The number of hydrogen-bond donors (Lipinski definition) is 1. The number of ether oxygens (including phenoxy) is 2. The summed E-state index contributed by atoms with van der Waals surface area (Å²) < 4.78 is 11.3. The number of hydrogen-bond acceptors (Lipinski definition) is 5. The molecular formula is C22H22INO5. The smallest absolute Gasteiger partial charge is 0.295 e. The minimum absolute atomic E-state index is 0.0851. The van der Waals surface area contributed by atoms with Crippen molar-refractivity contribution in [3.63, 3.8) is 0 Å². The van der Waals surface area contributed by atoms with E-state index in [-0.39, 0.29) is 11.3 Å². The van der Waals surface area contributed by atoms with Gasteiger partial charge in [0.2, 0.25) is 0 Å². The van der Waals surface area contributed by atoms with Crippen molar-refractivity contribution < 1.29 is 24.2 Å². The van der Waals surface area contributed by atoms with Crippen molar-refractivity contribution in [2.24, 2.45) is 0 Å². The first-order valence-electron chi connectivity index (χ1n) is 9.15. The zero-order valence-corrected chi connectivity index (χ0v) is 18.4. The van der Waals surface area contributed by atoms with E-state index in [4.69, 9.17) is 9.47 Å². The number of Topliss-reactive ketones (excluding diaryl/α,β-unsaturated/α-hetero) is 1. The average molecular weight is 507 g/mol. The van der Waals surface area contributed by atoms with Gasteiger partial charge >= 0.3 is 0 Å². The SMILES string of the molecule is COCCCN1C(=O)C(=O)C(=C(O)c2cccc(OC)c2)C1c1ccc(I)cc1. The van der Waals surface area contributed by atoms with Crippen LogP contribution in [0.1, 0.15) is 23.6 Å². The molecule has 1 aliphatic rings. The van der Waals surface area contributed by atoms with Crippen molar-refractivity contribution in [1.82, 2.24) is 4.90 Å². The molecule has 0 spiro atoms. The molecule has 1 unspecified atom stereocenters. The van der Waals surface area contributed by atoms with Gasteiger partial charge in [-0.05, 0) is 58.8 Å². The summed E-state index contributed by atoms with van der Waals surface area (Å²) in [6, 6.07) is 13.7. The van der Waals surface area contributed by atoms with E-state index in [0.717, 1.165) is 9.13 Å². The molecule has 0 bridgehead atoms. The van der Waals surface area contributed by atoms with Gasteiger partial charge in [0.1, 0.15) is 11.5 Å². The predicted octanol–water partition coefficient (Wildman–Crippen LogP) is 3.76. The number of likely N-dealkylation sites (tertiary alicyclic amines) is 1. The fraction of sp³-hybridized carbons (Fsp3) is 0.273. The highest BCUT2D eigenvalue weighted by atomic mass is 127. The molecule has 0 radical (unpaired) electrons. The summed E-state index contributed by atoms with van der Waals surface area (Å²) >= 11 is 2.20. The highest BCUT2D eigenvalue weighted by Gasteiger charge is 2.45. The largest absolute Gasteiger partial charge is 0.507 e. The minimum Gasteiger partial charge on any atom is -0.507 e. The van der Waals surface area contributed by atoms with E-state index < -0.39 is 17.7 Å². The van der Waals surface area contributed by atoms with Crippen LogP contribution in [0.15, 0.2) is 54.1 Å². The molecule has 3 rings (SSSR count). The number of rotatable bonds is 7. The number of aliphatic hydroxyl groups excluding tert-OH is 1. The average Bonchev–Trinajstić information content (AvgIpc) is 2.99. The highest BCUT2D eigenvalue weighted by Crippen LogP contribution is 2.39. The second kappa shape index (κ2) is 9.41. The summed E-state index contributed by atoms with van der Waals surface area (Å²) in [7, 11) is 3.12. The monoisotopic (exact) mass is 507 g/mol. The van der Waals surface area contributed by atoms with E-state index in [0.29, 0.717) is 30.9 Å². The Morgan fingerprint density at radius 3 is 2.52 bits per heavy atom. The van der Waals surface area contributed by atoms with Gasteiger partial charge in [0.05, 0.1) is 18.7 Å². The summed E-state index contributed by atoms with van der Waals surface area (Å²) in [5.41, 5.74) is 1.28. The van der Waals surface area contributed by atoms with Gasteiger partial charge < -0.3 is 19.5 Å². The number of benzene rings is 2. The van der Waals surface area contributed by atoms with Gasteiger partial charge in [0, 0.05) is 29.4 Å². The molecule has 1 amide bonds.